The Hall–Kier alpha value is -4.15. The zero-order valence-electron chi connectivity index (χ0n) is 24.2. The standard InChI is InChI=1S/C33H32N2O7S/c1-32(2)15-21-16-33(3,18-32)19-35(21)43(40,41)22-9-6-8-20(14-22)31(39)42-17-27(36)34-26-13-7-12-25-28(26)30(38)24-11-5-4-10-23(24)29(25)37/h4-14,21H,15-19H2,1-3H3,(H,34,36). The van der Waals surface area contributed by atoms with Crippen molar-refractivity contribution in [3.8, 4) is 0 Å². The maximum atomic E-state index is 13.7. The smallest absolute Gasteiger partial charge is 0.338 e. The molecular formula is C33H32N2O7S. The molecule has 43 heavy (non-hydrogen) atoms. The van der Waals surface area contributed by atoms with Crippen molar-refractivity contribution < 1.29 is 32.3 Å². The van der Waals surface area contributed by atoms with Crippen LogP contribution < -0.4 is 5.32 Å². The molecule has 2 aliphatic carbocycles. The summed E-state index contributed by atoms with van der Waals surface area (Å²) < 4.78 is 34.1. The van der Waals surface area contributed by atoms with Crippen molar-refractivity contribution >= 4 is 39.2 Å². The SMILES string of the molecule is CC1(C)CC2CC(C)(CN2S(=O)(=O)c2cccc(C(=O)OCC(=O)Nc3cccc4c3C(=O)c3ccccc3C4=O)c2)C1. The van der Waals surface area contributed by atoms with Crippen LogP contribution in [0.25, 0.3) is 0 Å². The first kappa shape index (κ1) is 28.9. The number of benzene rings is 3. The van der Waals surface area contributed by atoms with Gasteiger partial charge >= 0.3 is 5.97 Å². The van der Waals surface area contributed by atoms with Gasteiger partial charge in [0.15, 0.2) is 18.2 Å². The predicted molar refractivity (Wildman–Crippen MR) is 159 cm³/mol. The molecule has 0 aromatic heterocycles. The zero-order chi connectivity index (χ0) is 30.7. The van der Waals surface area contributed by atoms with Crippen LogP contribution in [0.1, 0.15) is 82.2 Å². The van der Waals surface area contributed by atoms with E-state index in [9.17, 15) is 27.6 Å². The molecule has 1 saturated heterocycles. The van der Waals surface area contributed by atoms with Crippen LogP contribution in [0.3, 0.4) is 0 Å². The number of carbonyl (C=O) groups excluding carboxylic acids is 4. The van der Waals surface area contributed by atoms with Crippen LogP contribution in [0.15, 0.2) is 71.6 Å². The third kappa shape index (κ3) is 5.19. The third-order valence-corrected chi connectivity index (χ3v) is 10.5. The third-order valence-electron chi connectivity index (χ3n) is 8.60. The van der Waals surface area contributed by atoms with E-state index in [-0.39, 0.29) is 55.5 Å². The van der Waals surface area contributed by atoms with Crippen molar-refractivity contribution in [3.05, 3.63) is 94.5 Å². The molecule has 10 heteroatoms. The van der Waals surface area contributed by atoms with Crippen molar-refractivity contribution in [1.29, 1.82) is 0 Å². The lowest BCUT2D eigenvalue weighted by molar-refractivity contribution is -0.119. The minimum Gasteiger partial charge on any atom is -0.452 e. The second-order valence-electron chi connectivity index (χ2n) is 12.8. The molecule has 1 saturated carbocycles. The molecule has 3 aromatic carbocycles. The number of hydrogen-bond donors (Lipinski definition) is 1. The Bertz CT molecular complexity index is 1810. The Morgan fingerprint density at radius 2 is 1.58 bits per heavy atom. The van der Waals surface area contributed by atoms with Crippen LogP contribution >= 0.6 is 0 Å². The fraction of sp³-hybridized carbons (Fsp3) is 0.333. The second kappa shape index (κ2) is 10.2. The number of nitrogens with zero attached hydrogens (tertiary/aromatic N) is 1. The largest absolute Gasteiger partial charge is 0.452 e. The number of amides is 1. The van der Waals surface area contributed by atoms with E-state index in [4.69, 9.17) is 4.74 Å². The molecule has 222 valence electrons. The molecule has 1 aliphatic heterocycles. The van der Waals surface area contributed by atoms with Gasteiger partial charge < -0.3 is 10.1 Å². The molecule has 0 spiro atoms. The van der Waals surface area contributed by atoms with Gasteiger partial charge in [0.05, 0.1) is 21.7 Å². The normalized spacial score (nSPS) is 22.4. The van der Waals surface area contributed by atoms with Gasteiger partial charge in [0.1, 0.15) is 0 Å². The number of sulfonamides is 1. The first-order valence-electron chi connectivity index (χ1n) is 14.2. The molecule has 9 nitrogen and oxygen atoms in total. The van der Waals surface area contributed by atoms with E-state index in [1.54, 1.807) is 34.6 Å². The summed E-state index contributed by atoms with van der Waals surface area (Å²) in [4.78, 5) is 51.8. The molecule has 3 aliphatic rings. The van der Waals surface area contributed by atoms with Crippen LogP contribution in [0.5, 0.6) is 0 Å². The number of esters is 1. The fourth-order valence-electron chi connectivity index (χ4n) is 7.26. The molecule has 2 unspecified atom stereocenters. The quantitative estimate of drug-likeness (QED) is 0.314. The average Bonchev–Trinajstić information content (AvgIpc) is 3.23. The first-order chi connectivity index (χ1) is 20.3. The van der Waals surface area contributed by atoms with Crippen LogP contribution in [-0.2, 0) is 19.6 Å². The molecule has 1 heterocycles. The van der Waals surface area contributed by atoms with Crippen LogP contribution in [0.4, 0.5) is 5.69 Å². The van der Waals surface area contributed by atoms with Crippen molar-refractivity contribution in [2.45, 2.75) is 51.0 Å². The van der Waals surface area contributed by atoms with E-state index in [1.165, 1.54) is 36.4 Å². The summed E-state index contributed by atoms with van der Waals surface area (Å²) in [6.07, 6.45) is 2.53. The van der Waals surface area contributed by atoms with Gasteiger partial charge in [-0.1, -0.05) is 63.2 Å². The minimum atomic E-state index is -3.86. The number of ether oxygens (including phenoxy) is 1. The van der Waals surface area contributed by atoms with Gasteiger partial charge in [-0.15, -0.1) is 0 Å². The summed E-state index contributed by atoms with van der Waals surface area (Å²) in [5.74, 6) is -2.30. The number of carbonyl (C=O) groups is 4. The first-order valence-corrected chi connectivity index (χ1v) is 15.6. The van der Waals surface area contributed by atoms with E-state index in [1.807, 2.05) is 0 Å². The molecule has 1 amide bonds. The predicted octanol–water partition coefficient (Wildman–Crippen LogP) is 4.85. The minimum absolute atomic E-state index is 0.000248. The van der Waals surface area contributed by atoms with Gasteiger partial charge in [0.25, 0.3) is 5.91 Å². The molecule has 3 aromatic rings. The molecule has 0 radical (unpaired) electrons. The number of fused-ring (bicyclic) bond motifs is 4. The Balaban J connectivity index is 1.14. The fourth-order valence-corrected chi connectivity index (χ4v) is 9.08. The van der Waals surface area contributed by atoms with Crippen LogP contribution in [0, 0.1) is 10.8 Å². The van der Waals surface area contributed by atoms with E-state index < -0.39 is 34.3 Å². The molecule has 1 N–H and O–H groups in total. The van der Waals surface area contributed by atoms with E-state index in [0.717, 1.165) is 19.3 Å². The van der Waals surface area contributed by atoms with Gasteiger partial charge in [0, 0.05) is 29.3 Å². The number of hydrogen-bond acceptors (Lipinski definition) is 7. The highest BCUT2D eigenvalue weighted by Gasteiger charge is 2.53. The number of nitrogens with one attached hydrogen (secondary N) is 1. The van der Waals surface area contributed by atoms with Gasteiger partial charge in [-0.3, -0.25) is 14.4 Å². The van der Waals surface area contributed by atoms with E-state index in [0.29, 0.717) is 12.1 Å². The van der Waals surface area contributed by atoms with Gasteiger partial charge in [-0.05, 0) is 54.4 Å². The average molecular weight is 601 g/mol. The Morgan fingerprint density at radius 1 is 0.907 bits per heavy atom. The van der Waals surface area contributed by atoms with Gasteiger partial charge in [0.2, 0.25) is 10.0 Å². The summed E-state index contributed by atoms with van der Waals surface area (Å²) in [6, 6.07) is 16.6. The Morgan fingerprint density at radius 3 is 2.33 bits per heavy atom. The summed E-state index contributed by atoms with van der Waals surface area (Å²) in [5, 5.41) is 2.57. The molecule has 2 bridgehead atoms. The van der Waals surface area contributed by atoms with Crippen molar-refractivity contribution in [1.82, 2.24) is 4.31 Å². The summed E-state index contributed by atoms with van der Waals surface area (Å²) in [7, 11) is -3.86. The second-order valence-corrected chi connectivity index (χ2v) is 14.7. The van der Waals surface area contributed by atoms with Crippen LogP contribution in [-0.4, -0.2) is 55.4 Å². The molecule has 6 rings (SSSR count). The zero-order valence-corrected chi connectivity index (χ0v) is 25.0. The molecular weight excluding hydrogens is 568 g/mol. The summed E-state index contributed by atoms with van der Waals surface area (Å²) in [6.45, 7) is 6.22. The van der Waals surface area contributed by atoms with Gasteiger partial charge in [-0.25, -0.2) is 13.2 Å². The van der Waals surface area contributed by atoms with Crippen molar-refractivity contribution in [2.75, 3.05) is 18.5 Å². The number of ketones is 2. The van der Waals surface area contributed by atoms with Crippen LogP contribution in [0.2, 0.25) is 0 Å². The Labute approximate surface area is 250 Å². The monoisotopic (exact) mass is 600 g/mol. The highest BCUT2D eigenvalue weighted by atomic mass is 32.2. The van der Waals surface area contributed by atoms with Crippen molar-refractivity contribution in [3.63, 3.8) is 0 Å². The summed E-state index contributed by atoms with van der Waals surface area (Å²) >= 11 is 0. The molecule has 2 atom stereocenters. The highest BCUT2D eigenvalue weighted by molar-refractivity contribution is 7.89. The number of anilines is 1. The van der Waals surface area contributed by atoms with E-state index in [2.05, 4.69) is 26.1 Å². The maximum absolute atomic E-state index is 13.7. The lowest BCUT2D eigenvalue weighted by Gasteiger charge is -2.39. The highest BCUT2D eigenvalue weighted by Crippen LogP contribution is 2.53. The lowest BCUT2D eigenvalue weighted by atomic mass is 9.65. The topological polar surface area (TPSA) is 127 Å². The summed E-state index contributed by atoms with van der Waals surface area (Å²) in [5.41, 5.74) is 0.877. The van der Waals surface area contributed by atoms with Crippen molar-refractivity contribution in [2.24, 2.45) is 10.8 Å². The van der Waals surface area contributed by atoms with Gasteiger partial charge in [-0.2, -0.15) is 4.31 Å². The van der Waals surface area contributed by atoms with E-state index >= 15 is 0 Å². The molecule has 2 fully saturated rings. The lowest BCUT2D eigenvalue weighted by Crippen LogP contribution is -2.37. The Kier molecular flexibility index (Phi) is 6.89. The maximum Gasteiger partial charge on any atom is 0.338 e. The number of rotatable bonds is 6.